The molecule has 0 saturated carbocycles. The van der Waals surface area contributed by atoms with Gasteiger partial charge in [-0.15, -0.1) is 0 Å². The van der Waals surface area contributed by atoms with E-state index < -0.39 is 5.82 Å². The molecule has 0 fully saturated rings. The van der Waals surface area contributed by atoms with Crippen LogP contribution in [0, 0.1) is 11.2 Å². The fraction of sp³-hybridized carbons (Fsp3) is 0.417. The molecule has 0 atom stereocenters. The maximum absolute atomic E-state index is 13.6. The summed E-state index contributed by atoms with van der Waals surface area (Å²) in [5, 5.41) is 7.43. The molecule has 94 valence electrons. The maximum Gasteiger partial charge on any atom is 0.136 e. The number of rotatable bonds is 6. The average Bonchev–Trinajstić information content (AvgIpc) is 2.28. The van der Waals surface area contributed by atoms with Crippen LogP contribution in [0.5, 0.6) is 0 Å². The number of anilines is 1. The van der Waals surface area contributed by atoms with Gasteiger partial charge in [-0.1, -0.05) is 6.07 Å². The highest BCUT2D eigenvalue weighted by atomic mass is 32.2. The van der Waals surface area contributed by atoms with E-state index in [0.717, 1.165) is 18.7 Å². The zero-order valence-corrected chi connectivity index (χ0v) is 11.0. The molecular formula is C12H18FN3S. The van der Waals surface area contributed by atoms with Crippen molar-refractivity contribution >= 4 is 23.3 Å². The van der Waals surface area contributed by atoms with Crippen LogP contribution in [-0.4, -0.2) is 31.4 Å². The number of nitrogen functional groups attached to an aromatic ring is 1. The van der Waals surface area contributed by atoms with Crippen LogP contribution >= 0.6 is 11.8 Å². The number of hydrogen-bond donors (Lipinski definition) is 2. The Morgan fingerprint density at radius 2 is 2.24 bits per heavy atom. The third-order valence-electron chi connectivity index (χ3n) is 2.51. The van der Waals surface area contributed by atoms with Gasteiger partial charge >= 0.3 is 0 Å². The van der Waals surface area contributed by atoms with Crippen molar-refractivity contribution in [2.75, 3.05) is 30.5 Å². The van der Waals surface area contributed by atoms with Gasteiger partial charge in [0.05, 0.1) is 11.3 Å². The van der Waals surface area contributed by atoms with Crippen LogP contribution in [0.15, 0.2) is 18.2 Å². The minimum Gasteiger partial charge on any atom is -0.384 e. The monoisotopic (exact) mass is 255 g/mol. The minimum atomic E-state index is -0.438. The first kappa shape index (κ1) is 13.8. The quantitative estimate of drug-likeness (QED) is 0.466. The lowest BCUT2D eigenvalue weighted by Crippen LogP contribution is -2.24. The standard InChI is InChI=1S/C12H18FN3S/c1-16(7-4-8-17-2)10-6-3-5-9(13)11(10)12(14)15/h3,5-6H,4,7-8H2,1-2H3,(H3,14,15). The van der Waals surface area contributed by atoms with E-state index in [-0.39, 0.29) is 11.4 Å². The molecule has 3 nitrogen and oxygen atoms in total. The van der Waals surface area contributed by atoms with E-state index in [9.17, 15) is 4.39 Å². The third kappa shape index (κ3) is 3.63. The summed E-state index contributed by atoms with van der Waals surface area (Å²) in [6.45, 7) is 0.824. The summed E-state index contributed by atoms with van der Waals surface area (Å²) in [6.07, 6.45) is 3.08. The van der Waals surface area contributed by atoms with Crippen molar-refractivity contribution in [3.05, 3.63) is 29.6 Å². The lowest BCUT2D eigenvalue weighted by atomic mass is 10.1. The average molecular weight is 255 g/mol. The number of thioether (sulfide) groups is 1. The summed E-state index contributed by atoms with van der Waals surface area (Å²) in [4.78, 5) is 1.94. The first-order chi connectivity index (χ1) is 8.07. The second-order valence-corrected chi connectivity index (χ2v) is 4.80. The van der Waals surface area contributed by atoms with Gasteiger partial charge in [0.15, 0.2) is 0 Å². The van der Waals surface area contributed by atoms with E-state index in [0.29, 0.717) is 5.69 Å². The largest absolute Gasteiger partial charge is 0.384 e. The highest BCUT2D eigenvalue weighted by molar-refractivity contribution is 7.98. The summed E-state index contributed by atoms with van der Waals surface area (Å²) >= 11 is 1.78. The molecule has 0 aromatic heterocycles. The lowest BCUT2D eigenvalue weighted by molar-refractivity contribution is 0.624. The first-order valence-corrected chi connectivity index (χ1v) is 6.80. The van der Waals surface area contributed by atoms with Crippen LogP contribution in [0.2, 0.25) is 0 Å². The zero-order valence-electron chi connectivity index (χ0n) is 10.2. The van der Waals surface area contributed by atoms with E-state index in [2.05, 4.69) is 6.26 Å². The van der Waals surface area contributed by atoms with Gasteiger partial charge in [-0.2, -0.15) is 11.8 Å². The highest BCUT2D eigenvalue weighted by Crippen LogP contribution is 2.22. The van der Waals surface area contributed by atoms with Gasteiger partial charge in [0.25, 0.3) is 0 Å². The molecule has 1 aromatic carbocycles. The molecule has 5 heteroatoms. The van der Waals surface area contributed by atoms with Gasteiger partial charge in [0.2, 0.25) is 0 Å². The molecule has 1 rings (SSSR count). The number of nitrogens with zero attached hydrogens (tertiary/aromatic N) is 1. The Balaban J connectivity index is 2.89. The Labute approximate surface area is 106 Å². The van der Waals surface area contributed by atoms with Crippen LogP contribution in [-0.2, 0) is 0 Å². The van der Waals surface area contributed by atoms with E-state index in [1.54, 1.807) is 23.9 Å². The van der Waals surface area contributed by atoms with Crippen molar-refractivity contribution in [3.8, 4) is 0 Å². The number of halogens is 1. The van der Waals surface area contributed by atoms with Crippen molar-refractivity contribution in [2.24, 2.45) is 5.73 Å². The summed E-state index contributed by atoms with van der Waals surface area (Å²) in [5.41, 5.74) is 6.29. The molecule has 0 aliphatic heterocycles. The number of benzene rings is 1. The summed E-state index contributed by atoms with van der Waals surface area (Å²) in [7, 11) is 1.89. The maximum atomic E-state index is 13.6. The van der Waals surface area contributed by atoms with E-state index in [4.69, 9.17) is 11.1 Å². The fourth-order valence-electron chi connectivity index (χ4n) is 1.66. The van der Waals surface area contributed by atoms with Crippen LogP contribution < -0.4 is 10.6 Å². The first-order valence-electron chi connectivity index (χ1n) is 5.41. The van der Waals surface area contributed by atoms with E-state index >= 15 is 0 Å². The Hall–Kier alpha value is -1.23. The Bertz CT molecular complexity index is 395. The SMILES string of the molecule is CSCCCN(C)c1cccc(F)c1C(=N)N. The third-order valence-corrected chi connectivity index (χ3v) is 3.21. The molecular weight excluding hydrogens is 237 g/mol. The van der Waals surface area contributed by atoms with Crippen molar-refractivity contribution < 1.29 is 4.39 Å². The number of amidine groups is 1. The molecule has 0 spiro atoms. The molecule has 0 radical (unpaired) electrons. The van der Waals surface area contributed by atoms with Crippen molar-refractivity contribution in [2.45, 2.75) is 6.42 Å². The molecule has 3 N–H and O–H groups in total. The number of nitrogens with two attached hydrogens (primary N) is 1. The van der Waals surface area contributed by atoms with E-state index in [1.807, 2.05) is 11.9 Å². The van der Waals surface area contributed by atoms with Crippen molar-refractivity contribution in [1.29, 1.82) is 5.41 Å². The van der Waals surface area contributed by atoms with Gasteiger partial charge in [0.1, 0.15) is 11.7 Å². The highest BCUT2D eigenvalue weighted by Gasteiger charge is 2.13. The predicted octanol–water partition coefficient (Wildman–Crippen LogP) is 2.30. The van der Waals surface area contributed by atoms with Crippen LogP contribution in [0.25, 0.3) is 0 Å². The van der Waals surface area contributed by atoms with Gasteiger partial charge in [-0.3, -0.25) is 5.41 Å². The second-order valence-electron chi connectivity index (χ2n) is 3.82. The molecule has 0 amide bonds. The summed E-state index contributed by atoms with van der Waals surface area (Å²) in [6, 6.07) is 4.76. The molecule has 0 bridgehead atoms. The molecule has 1 aromatic rings. The van der Waals surface area contributed by atoms with E-state index in [1.165, 1.54) is 6.07 Å². The smallest absolute Gasteiger partial charge is 0.136 e. The number of nitrogens with one attached hydrogen (secondary N) is 1. The van der Waals surface area contributed by atoms with Gasteiger partial charge in [-0.05, 0) is 30.6 Å². The summed E-state index contributed by atoms with van der Waals surface area (Å²) in [5.74, 6) is 0.399. The Morgan fingerprint density at radius 3 is 2.82 bits per heavy atom. The molecule has 0 heterocycles. The van der Waals surface area contributed by atoms with Crippen molar-refractivity contribution in [1.82, 2.24) is 0 Å². The van der Waals surface area contributed by atoms with Crippen LogP contribution in [0.1, 0.15) is 12.0 Å². The molecule has 0 unspecified atom stereocenters. The van der Waals surface area contributed by atoms with Gasteiger partial charge in [-0.25, -0.2) is 4.39 Å². The topological polar surface area (TPSA) is 53.1 Å². The molecule has 0 aliphatic rings. The molecule has 0 saturated heterocycles. The molecule has 0 aliphatic carbocycles. The van der Waals surface area contributed by atoms with Crippen molar-refractivity contribution in [3.63, 3.8) is 0 Å². The normalized spacial score (nSPS) is 10.3. The molecule has 17 heavy (non-hydrogen) atoms. The minimum absolute atomic E-state index is 0.194. The second kappa shape index (κ2) is 6.49. The van der Waals surface area contributed by atoms with Gasteiger partial charge in [0, 0.05) is 13.6 Å². The summed E-state index contributed by atoms with van der Waals surface area (Å²) < 4.78 is 13.6. The predicted molar refractivity (Wildman–Crippen MR) is 73.7 cm³/mol. The number of hydrogen-bond acceptors (Lipinski definition) is 3. The van der Waals surface area contributed by atoms with Crippen LogP contribution in [0.3, 0.4) is 0 Å². The van der Waals surface area contributed by atoms with Gasteiger partial charge < -0.3 is 10.6 Å². The van der Waals surface area contributed by atoms with Crippen LogP contribution in [0.4, 0.5) is 10.1 Å². The Kier molecular flexibility index (Phi) is 5.28. The fourth-order valence-corrected chi connectivity index (χ4v) is 2.08. The lowest BCUT2D eigenvalue weighted by Gasteiger charge is -2.22. The Morgan fingerprint density at radius 1 is 1.53 bits per heavy atom. The zero-order chi connectivity index (χ0) is 12.8.